The summed E-state index contributed by atoms with van der Waals surface area (Å²) in [5.41, 5.74) is 0.741. The van der Waals surface area contributed by atoms with Crippen LogP contribution >= 0.6 is 0 Å². The van der Waals surface area contributed by atoms with Gasteiger partial charge >= 0.3 is 6.03 Å². The smallest absolute Gasteiger partial charge is 0.328 e. The van der Waals surface area contributed by atoms with Crippen molar-refractivity contribution in [2.45, 2.75) is 6.54 Å². The van der Waals surface area contributed by atoms with Crippen LogP contribution in [-0.2, 0) is 6.54 Å². The van der Waals surface area contributed by atoms with Gasteiger partial charge in [-0.1, -0.05) is 6.07 Å². The van der Waals surface area contributed by atoms with Crippen molar-refractivity contribution in [3.63, 3.8) is 0 Å². The number of benzene rings is 2. The van der Waals surface area contributed by atoms with Gasteiger partial charge in [0.25, 0.3) is 0 Å². The summed E-state index contributed by atoms with van der Waals surface area (Å²) in [4.78, 5) is 24.0. The van der Waals surface area contributed by atoms with E-state index in [9.17, 15) is 23.1 Å². The fraction of sp³-hybridized carbons (Fsp3) is 0.190. The van der Waals surface area contributed by atoms with Crippen molar-refractivity contribution in [1.29, 1.82) is 0 Å². The summed E-state index contributed by atoms with van der Waals surface area (Å²) in [6.07, 6.45) is 0. The first-order valence-electron chi connectivity index (χ1n) is 9.41. The molecule has 0 saturated heterocycles. The number of rotatable bonds is 5. The minimum atomic E-state index is -0.935. The third-order valence-electron chi connectivity index (χ3n) is 4.86. The number of fused-ring (bicyclic) bond motifs is 1. The molecule has 0 unspecified atom stereocenters. The van der Waals surface area contributed by atoms with Crippen LogP contribution in [0.1, 0.15) is 5.56 Å². The minimum Gasteiger partial charge on any atom is -0.395 e. The highest BCUT2D eigenvalue weighted by atomic mass is 19.1. The van der Waals surface area contributed by atoms with Crippen molar-refractivity contribution in [2.24, 2.45) is 0 Å². The number of para-hydroxylation sites is 1. The molecule has 31 heavy (non-hydrogen) atoms. The average molecular weight is 429 g/mol. The maximum Gasteiger partial charge on any atom is 0.328 e. The van der Waals surface area contributed by atoms with E-state index in [1.54, 1.807) is 7.05 Å². The van der Waals surface area contributed by atoms with Crippen molar-refractivity contribution in [2.75, 3.05) is 30.0 Å². The number of aliphatic hydroxyl groups is 1. The van der Waals surface area contributed by atoms with Gasteiger partial charge in [0, 0.05) is 24.7 Å². The molecular formula is C21H18F3N5O2. The molecule has 0 radical (unpaired) electrons. The Morgan fingerprint density at radius 1 is 1.10 bits per heavy atom. The van der Waals surface area contributed by atoms with Crippen LogP contribution in [0.25, 0.3) is 11.3 Å². The predicted molar refractivity (Wildman–Crippen MR) is 109 cm³/mol. The highest BCUT2D eigenvalue weighted by Crippen LogP contribution is 2.38. The maximum atomic E-state index is 14.6. The zero-order chi connectivity index (χ0) is 22.1. The van der Waals surface area contributed by atoms with E-state index in [0.29, 0.717) is 16.8 Å². The van der Waals surface area contributed by atoms with E-state index < -0.39 is 29.2 Å². The van der Waals surface area contributed by atoms with Gasteiger partial charge in [-0.05, 0) is 36.4 Å². The Morgan fingerprint density at radius 3 is 2.42 bits per heavy atom. The topological polar surface area (TPSA) is 81.6 Å². The lowest BCUT2D eigenvalue weighted by Crippen LogP contribution is -2.43. The number of nitrogens with one attached hydrogen (secondary N) is 1. The third kappa shape index (κ3) is 3.77. The summed E-state index contributed by atoms with van der Waals surface area (Å²) >= 11 is 0. The lowest BCUT2D eigenvalue weighted by Gasteiger charge is -2.31. The Labute approximate surface area is 175 Å². The molecular weight excluding hydrogens is 411 g/mol. The predicted octanol–water partition coefficient (Wildman–Crippen LogP) is 3.35. The second-order valence-corrected chi connectivity index (χ2v) is 6.89. The molecule has 0 fully saturated rings. The van der Waals surface area contributed by atoms with Crippen molar-refractivity contribution in [1.82, 2.24) is 15.3 Å². The minimum absolute atomic E-state index is 0.00173. The van der Waals surface area contributed by atoms with Crippen LogP contribution in [0.5, 0.6) is 0 Å². The van der Waals surface area contributed by atoms with Gasteiger partial charge in [0.2, 0.25) is 5.95 Å². The van der Waals surface area contributed by atoms with Crippen LogP contribution in [0, 0.1) is 17.5 Å². The number of anilines is 3. The molecule has 0 bridgehead atoms. The lowest BCUT2D eigenvalue weighted by molar-refractivity contribution is 0.246. The fourth-order valence-corrected chi connectivity index (χ4v) is 3.32. The highest BCUT2D eigenvalue weighted by Gasteiger charge is 2.34. The van der Waals surface area contributed by atoms with Crippen LogP contribution in [-0.4, -0.2) is 41.3 Å². The number of amides is 2. The number of urea groups is 1. The van der Waals surface area contributed by atoms with E-state index in [4.69, 9.17) is 0 Å². The SMILES string of the molecule is CN(CCO)c1nc(-c2ccc(F)cc2)c2c(n1)N(c1c(F)cccc1F)C(=O)NC2. The molecule has 1 aliphatic heterocycles. The second-order valence-electron chi connectivity index (χ2n) is 6.89. The van der Waals surface area contributed by atoms with Gasteiger partial charge in [-0.3, -0.25) is 0 Å². The number of carbonyl (C=O) groups is 1. The van der Waals surface area contributed by atoms with E-state index in [2.05, 4.69) is 15.3 Å². The van der Waals surface area contributed by atoms with E-state index in [0.717, 1.165) is 17.0 Å². The zero-order valence-corrected chi connectivity index (χ0v) is 16.4. The monoisotopic (exact) mass is 429 g/mol. The highest BCUT2D eigenvalue weighted by molar-refractivity contribution is 6.02. The largest absolute Gasteiger partial charge is 0.395 e. The van der Waals surface area contributed by atoms with E-state index >= 15 is 0 Å². The summed E-state index contributed by atoms with van der Waals surface area (Å²) in [6.45, 7) is 0.00824. The Bertz CT molecular complexity index is 1120. The number of hydrogen-bond donors (Lipinski definition) is 2. The van der Waals surface area contributed by atoms with Crippen molar-refractivity contribution >= 4 is 23.5 Å². The molecule has 10 heteroatoms. The summed E-state index contributed by atoms with van der Waals surface area (Å²) in [6, 6.07) is 8.07. The molecule has 0 atom stereocenters. The molecule has 7 nitrogen and oxygen atoms in total. The van der Waals surface area contributed by atoms with Crippen LogP contribution in [0.3, 0.4) is 0 Å². The number of aliphatic hydroxyl groups excluding tert-OH is 1. The van der Waals surface area contributed by atoms with Crippen molar-refractivity contribution in [3.05, 3.63) is 65.5 Å². The third-order valence-corrected chi connectivity index (χ3v) is 4.86. The summed E-state index contributed by atoms with van der Waals surface area (Å²) < 4.78 is 42.6. The van der Waals surface area contributed by atoms with Crippen molar-refractivity contribution < 1.29 is 23.1 Å². The molecule has 2 heterocycles. The van der Waals surface area contributed by atoms with Crippen LogP contribution in [0.15, 0.2) is 42.5 Å². The van der Waals surface area contributed by atoms with Gasteiger partial charge in [0.15, 0.2) is 5.82 Å². The Kier molecular flexibility index (Phi) is 5.47. The summed E-state index contributed by atoms with van der Waals surface area (Å²) in [5.74, 6) is -2.18. The van der Waals surface area contributed by atoms with Gasteiger partial charge in [-0.2, -0.15) is 4.98 Å². The number of halogens is 3. The number of aromatic nitrogens is 2. The first-order valence-corrected chi connectivity index (χ1v) is 9.41. The number of likely N-dealkylation sites (N-methyl/N-ethyl adjacent to an activating group) is 1. The fourth-order valence-electron chi connectivity index (χ4n) is 3.32. The molecule has 2 N–H and O–H groups in total. The molecule has 2 amide bonds. The van der Waals surface area contributed by atoms with E-state index in [-0.39, 0.29) is 31.5 Å². The maximum absolute atomic E-state index is 14.6. The summed E-state index contributed by atoms with van der Waals surface area (Å²) in [7, 11) is 1.63. The van der Waals surface area contributed by atoms with Crippen LogP contribution in [0.4, 0.5) is 35.4 Å². The van der Waals surface area contributed by atoms with Crippen molar-refractivity contribution in [3.8, 4) is 11.3 Å². The first-order chi connectivity index (χ1) is 14.9. The van der Waals surface area contributed by atoms with E-state index in [1.807, 2.05) is 0 Å². The molecule has 160 valence electrons. The molecule has 1 aliphatic rings. The zero-order valence-electron chi connectivity index (χ0n) is 16.4. The van der Waals surface area contributed by atoms with E-state index in [1.165, 1.54) is 35.2 Å². The second kappa shape index (κ2) is 8.23. The number of carbonyl (C=O) groups excluding carboxylic acids is 1. The first kappa shape index (κ1) is 20.6. The van der Waals surface area contributed by atoms with Crippen LogP contribution < -0.4 is 15.1 Å². The summed E-state index contributed by atoms with van der Waals surface area (Å²) in [5, 5.41) is 11.9. The quantitative estimate of drug-likeness (QED) is 0.650. The molecule has 2 aromatic carbocycles. The molecule has 1 aromatic heterocycles. The number of nitrogens with zero attached hydrogens (tertiary/aromatic N) is 4. The molecule has 0 spiro atoms. The van der Waals surface area contributed by atoms with Gasteiger partial charge in [0.05, 0.1) is 18.8 Å². The molecule has 4 rings (SSSR count). The Hall–Kier alpha value is -3.66. The molecule has 0 aliphatic carbocycles. The lowest BCUT2D eigenvalue weighted by atomic mass is 10.0. The average Bonchev–Trinajstić information content (AvgIpc) is 2.75. The molecule has 0 saturated carbocycles. The van der Waals surface area contributed by atoms with Crippen LogP contribution in [0.2, 0.25) is 0 Å². The normalized spacial score (nSPS) is 13.1. The molecule has 3 aromatic rings. The standard InChI is InChI=1S/C21H18F3N5O2/c1-28(9-10-30)20-26-17(12-5-7-13(22)8-6-12)14-11-25-21(31)29(19(14)27-20)18-15(23)3-2-4-16(18)24/h2-8,30H,9-11H2,1H3,(H,25,31). The van der Waals surface area contributed by atoms with Gasteiger partial charge in [0.1, 0.15) is 23.1 Å². The Balaban J connectivity index is 1.98. The van der Waals surface area contributed by atoms with Gasteiger partial charge < -0.3 is 15.3 Å². The van der Waals surface area contributed by atoms with Gasteiger partial charge in [-0.25, -0.2) is 27.8 Å². The Morgan fingerprint density at radius 2 is 1.77 bits per heavy atom. The van der Waals surface area contributed by atoms with Gasteiger partial charge in [-0.15, -0.1) is 0 Å². The number of hydrogen-bond acceptors (Lipinski definition) is 5.